The molecule has 0 radical (unpaired) electrons. The molecule has 0 aromatic heterocycles. The fourth-order valence-corrected chi connectivity index (χ4v) is 4.66. The minimum Gasteiger partial charge on any atom is -0.465 e. The molecule has 2 saturated carbocycles. The zero-order chi connectivity index (χ0) is 17.7. The van der Waals surface area contributed by atoms with Crippen LogP contribution >= 0.6 is 0 Å². The largest absolute Gasteiger partial charge is 0.465 e. The van der Waals surface area contributed by atoms with Crippen molar-refractivity contribution >= 4 is 5.97 Å². The quantitative estimate of drug-likeness (QED) is 0.400. The smallest absolute Gasteiger partial charge is 0.310 e. The Kier molecular flexibility index (Phi) is 4.61. The van der Waals surface area contributed by atoms with Gasteiger partial charge >= 0.3 is 5.97 Å². The summed E-state index contributed by atoms with van der Waals surface area (Å²) in [5.41, 5.74) is 1.53. The summed E-state index contributed by atoms with van der Waals surface area (Å²) in [5, 5.41) is 0. The summed E-state index contributed by atoms with van der Waals surface area (Å²) < 4.78 is 11.4. The second-order valence-electron chi connectivity index (χ2n) is 9.46. The van der Waals surface area contributed by atoms with Crippen molar-refractivity contribution in [2.45, 2.75) is 78.9 Å². The first-order valence-corrected chi connectivity index (χ1v) is 9.64. The van der Waals surface area contributed by atoms with Gasteiger partial charge in [-0.2, -0.15) is 0 Å². The summed E-state index contributed by atoms with van der Waals surface area (Å²) in [7, 11) is 0. The fourth-order valence-electron chi connectivity index (χ4n) is 4.66. The summed E-state index contributed by atoms with van der Waals surface area (Å²) in [4.78, 5) is 12.4. The normalized spacial score (nSPS) is 40.2. The van der Waals surface area contributed by atoms with Crippen LogP contribution in [0.4, 0.5) is 0 Å². The molecule has 1 heterocycles. The molecule has 3 rings (SSSR count). The van der Waals surface area contributed by atoms with Crippen molar-refractivity contribution < 1.29 is 14.3 Å². The number of carbonyl (C=O) groups excluding carboxylic acids is 1. The highest BCUT2D eigenvalue weighted by molar-refractivity contribution is 5.78. The molecule has 0 amide bonds. The summed E-state index contributed by atoms with van der Waals surface area (Å²) in [6, 6.07) is 0. The van der Waals surface area contributed by atoms with Crippen LogP contribution in [0.15, 0.2) is 11.6 Å². The topological polar surface area (TPSA) is 38.8 Å². The van der Waals surface area contributed by atoms with Crippen molar-refractivity contribution in [1.82, 2.24) is 0 Å². The summed E-state index contributed by atoms with van der Waals surface area (Å²) in [6.45, 7) is 13.6. The number of carbonyl (C=O) groups is 1. The highest BCUT2D eigenvalue weighted by atomic mass is 16.6. The second-order valence-corrected chi connectivity index (χ2v) is 9.46. The summed E-state index contributed by atoms with van der Waals surface area (Å²) in [5.74, 6) is 1.71. The van der Waals surface area contributed by atoms with Gasteiger partial charge in [-0.25, -0.2) is 0 Å². The Morgan fingerprint density at radius 3 is 2.67 bits per heavy atom. The lowest BCUT2D eigenvalue weighted by molar-refractivity contribution is -0.146. The van der Waals surface area contributed by atoms with E-state index in [0.717, 1.165) is 12.3 Å². The van der Waals surface area contributed by atoms with Crippen molar-refractivity contribution in [3.8, 4) is 0 Å². The summed E-state index contributed by atoms with van der Waals surface area (Å²) in [6.07, 6.45) is 7.30. The Hall–Kier alpha value is -0.830. The molecule has 3 fully saturated rings. The molecule has 0 bridgehead atoms. The van der Waals surface area contributed by atoms with Crippen molar-refractivity contribution in [2.24, 2.45) is 29.1 Å². The van der Waals surface area contributed by atoms with Gasteiger partial charge in [0, 0.05) is 0 Å². The first-order chi connectivity index (χ1) is 11.1. The van der Waals surface area contributed by atoms with E-state index in [0.29, 0.717) is 24.5 Å². The van der Waals surface area contributed by atoms with Crippen molar-refractivity contribution in [3.63, 3.8) is 0 Å². The Morgan fingerprint density at radius 1 is 1.33 bits per heavy atom. The predicted octanol–water partition coefficient (Wildman–Crippen LogP) is 4.75. The number of allylic oxidation sites excluding steroid dienone is 2. The Bertz CT molecular complexity index is 531. The molecule has 6 unspecified atom stereocenters. The van der Waals surface area contributed by atoms with Crippen LogP contribution in [-0.2, 0) is 14.3 Å². The first-order valence-electron chi connectivity index (χ1n) is 9.64. The standard InChI is InChI=1S/C21H34O3/c1-13(2)11-16-18(20(16,4)5)19(22)23-10-8-14(3)15-7-9-21(6)17(12-15)24-21/h11,14-18H,7-10,12H2,1-6H3. The van der Waals surface area contributed by atoms with Crippen molar-refractivity contribution in [1.29, 1.82) is 0 Å². The number of esters is 1. The fraction of sp³-hybridized carbons (Fsp3) is 0.857. The highest BCUT2D eigenvalue weighted by Crippen LogP contribution is 2.59. The first kappa shape index (κ1) is 18.0. The van der Waals surface area contributed by atoms with Crippen LogP contribution in [-0.4, -0.2) is 24.3 Å². The molecule has 6 atom stereocenters. The van der Waals surface area contributed by atoms with E-state index in [4.69, 9.17) is 9.47 Å². The highest BCUT2D eigenvalue weighted by Gasteiger charge is 2.61. The van der Waals surface area contributed by atoms with E-state index in [1.54, 1.807) is 0 Å². The van der Waals surface area contributed by atoms with Gasteiger partial charge in [-0.1, -0.05) is 32.4 Å². The number of hydrogen-bond acceptors (Lipinski definition) is 3. The van der Waals surface area contributed by atoms with Gasteiger partial charge in [-0.15, -0.1) is 0 Å². The monoisotopic (exact) mass is 334 g/mol. The van der Waals surface area contributed by atoms with Gasteiger partial charge in [0.15, 0.2) is 0 Å². The Labute approximate surface area is 147 Å². The van der Waals surface area contributed by atoms with E-state index < -0.39 is 0 Å². The molecule has 136 valence electrons. The van der Waals surface area contributed by atoms with Crippen LogP contribution in [0.1, 0.15) is 67.2 Å². The molecule has 2 aliphatic carbocycles. The molecule has 0 spiro atoms. The Balaban J connectivity index is 1.40. The number of ether oxygens (including phenoxy) is 2. The maximum absolute atomic E-state index is 12.4. The van der Waals surface area contributed by atoms with Crippen LogP contribution in [0.25, 0.3) is 0 Å². The summed E-state index contributed by atoms with van der Waals surface area (Å²) >= 11 is 0. The van der Waals surface area contributed by atoms with E-state index in [1.807, 2.05) is 0 Å². The predicted molar refractivity (Wildman–Crippen MR) is 95.6 cm³/mol. The number of rotatable bonds is 6. The number of epoxide rings is 1. The zero-order valence-corrected chi connectivity index (χ0v) is 16.2. The Morgan fingerprint density at radius 2 is 2.04 bits per heavy atom. The minimum absolute atomic E-state index is 0.00329. The lowest BCUT2D eigenvalue weighted by Gasteiger charge is -2.27. The van der Waals surface area contributed by atoms with Gasteiger partial charge in [0.05, 0.1) is 24.2 Å². The SMILES string of the molecule is CC(C)=CC1C(C(=O)OCCC(C)C2CCC3(C)OC3C2)C1(C)C. The maximum Gasteiger partial charge on any atom is 0.310 e. The average Bonchev–Trinajstić information content (AvgIpc) is 3.30. The molecule has 3 aliphatic rings. The van der Waals surface area contributed by atoms with Crippen LogP contribution < -0.4 is 0 Å². The van der Waals surface area contributed by atoms with E-state index in [2.05, 4.69) is 47.6 Å². The van der Waals surface area contributed by atoms with Gasteiger partial charge in [0.2, 0.25) is 0 Å². The van der Waals surface area contributed by atoms with Gasteiger partial charge < -0.3 is 9.47 Å². The second kappa shape index (κ2) is 6.16. The third-order valence-electron chi connectivity index (χ3n) is 6.86. The van der Waals surface area contributed by atoms with Gasteiger partial charge in [0.25, 0.3) is 0 Å². The molecule has 0 N–H and O–H groups in total. The molecule has 3 heteroatoms. The number of hydrogen-bond donors (Lipinski definition) is 0. The van der Waals surface area contributed by atoms with Crippen LogP contribution in [0.2, 0.25) is 0 Å². The van der Waals surface area contributed by atoms with Crippen molar-refractivity contribution in [2.75, 3.05) is 6.61 Å². The van der Waals surface area contributed by atoms with Gasteiger partial charge in [0.1, 0.15) is 0 Å². The van der Waals surface area contributed by atoms with Crippen LogP contribution in [0.5, 0.6) is 0 Å². The van der Waals surface area contributed by atoms with Crippen LogP contribution in [0.3, 0.4) is 0 Å². The lowest BCUT2D eigenvalue weighted by Crippen LogP contribution is -2.26. The molecular weight excluding hydrogens is 300 g/mol. The average molecular weight is 335 g/mol. The third-order valence-corrected chi connectivity index (χ3v) is 6.86. The molecule has 0 aromatic rings. The van der Waals surface area contributed by atoms with E-state index in [9.17, 15) is 4.79 Å². The lowest BCUT2D eigenvalue weighted by atomic mass is 9.76. The third kappa shape index (κ3) is 3.42. The molecule has 1 saturated heterocycles. The molecule has 1 aliphatic heterocycles. The van der Waals surface area contributed by atoms with E-state index in [-0.39, 0.29) is 22.9 Å². The van der Waals surface area contributed by atoms with Gasteiger partial charge in [-0.3, -0.25) is 4.79 Å². The van der Waals surface area contributed by atoms with E-state index >= 15 is 0 Å². The maximum atomic E-state index is 12.4. The minimum atomic E-state index is -0.00329. The van der Waals surface area contributed by atoms with Crippen molar-refractivity contribution in [3.05, 3.63) is 11.6 Å². The molecule has 24 heavy (non-hydrogen) atoms. The zero-order valence-electron chi connectivity index (χ0n) is 16.2. The van der Waals surface area contributed by atoms with Crippen LogP contribution in [0, 0.1) is 29.1 Å². The van der Waals surface area contributed by atoms with Gasteiger partial charge in [-0.05, 0) is 69.6 Å². The van der Waals surface area contributed by atoms with E-state index in [1.165, 1.54) is 24.8 Å². The molecular formula is C21H34O3. The number of fused-ring (bicyclic) bond motifs is 1. The molecule has 0 aromatic carbocycles. The molecule has 3 nitrogen and oxygen atoms in total.